The Morgan fingerprint density at radius 1 is 1.43 bits per heavy atom. The normalized spacial score (nSPS) is 17.6. The fourth-order valence-electron chi connectivity index (χ4n) is 2.78. The van der Waals surface area contributed by atoms with Crippen LogP contribution in [0.1, 0.15) is 34.5 Å². The van der Waals surface area contributed by atoms with Gasteiger partial charge in [0, 0.05) is 22.8 Å². The summed E-state index contributed by atoms with van der Waals surface area (Å²) in [7, 11) is 1.86. The van der Waals surface area contributed by atoms with Gasteiger partial charge in [0.1, 0.15) is 5.65 Å². The molecule has 0 radical (unpaired) electrons. The third-order valence-corrected chi connectivity index (χ3v) is 4.44. The van der Waals surface area contributed by atoms with Crippen LogP contribution in [0.3, 0.4) is 0 Å². The maximum absolute atomic E-state index is 12.1. The van der Waals surface area contributed by atoms with Gasteiger partial charge < -0.3 is 4.98 Å². The number of fused-ring (bicyclic) bond motifs is 3. The van der Waals surface area contributed by atoms with Gasteiger partial charge >= 0.3 is 0 Å². The van der Waals surface area contributed by atoms with Crippen LogP contribution >= 0.6 is 50.7 Å². The van der Waals surface area contributed by atoms with Crippen LogP contribution < -0.4 is 5.56 Å². The van der Waals surface area contributed by atoms with E-state index in [0.717, 1.165) is 47.1 Å². The molecule has 1 N–H and O–H groups in total. The summed E-state index contributed by atoms with van der Waals surface area (Å²) in [5, 5.41) is 5.51. The van der Waals surface area contributed by atoms with Gasteiger partial charge in [-0.05, 0) is 31.7 Å². The van der Waals surface area contributed by atoms with Crippen molar-refractivity contribution in [2.75, 3.05) is 0 Å². The van der Waals surface area contributed by atoms with E-state index < -0.39 is 4.30 Å². The van der Waals surface area contributed by atoms with Crippen molar-refractivity contribution in [3.05, 3.63) is 27.2 Å². The third-order valence-electron chi connectivity index (χ3n) is 3.52. The van der Waals surface area contributed by atoms with Gasteiger partial charge in [-0.15, -0.1) is 0 Å². The van der Waals surface area contributed by atoms with Gasteiger partial charge in [-0.25, -0.2) is 0 Å². The van der Waals surface area contributed by atoms with Crippen molar-refractivity contribution >= 4 is 61.8 Å². The number of aromatic nitrogens is 3. The first kappa shape index (κ1) is 17.1. The van der Waals surface area contributed by atoms with Crippen molar-refractivity contribution in [3.63, 3.8) is 0 Å². The largest absolute Gasteiger partial charge is 0.307 e. The Bertz CT molecular complexity index is 708. The summed E-state index contributed by atoms with van der Waals surface area (Å²) >= 11 is 18.1. The molecule has 2 aromatic rings. The van der Waals surface area contributed by atoms with E-state index in [2.05, 4.69) is 26.0 Å². The van der Waals surface area contributed by atoms with Crippen LogP contribution in [-0.4, -0.2) is 19.1 Å². The minimum Gasteiger partial charge on any atom is -0.307 e. The van der Waals surface area contributed by atoms with Gasteiger partial charge in [0.2, 0.25) is 0 Å². The van der Waals surface area contributed by atoms with Crippen LogP contribution in [0.5, 0.6) is 0 Å². The van der Waals surface area contributed by atoms with Gasteiger partial charge in [0.05, 0.1) is 5.69 Å². The van der Waals surface area contributed by atoms with Crippen molar-refractivity contribution in [2.24, 2.45) is 7.05 Å². The molecule has 0 saturated heterocycles. The standard InChI is InChI=1S/C12H14BrN3O.CHCl3/c1-6-9-10-7(4-3-5-8(10)13)12(17)14-11(9)16(2)15-6;2-1(3)4/h8H,3-5H2,1-2H3,(H,14,17);1H. The maximum atomic E-state index is 12.1. The number of alkyl halides is 4. The molecule has 0 amide bonds. The number of pyridine rings is 1. The van der Waals surface area contributed by atoms with Crippen LogP contribution in [0.15, 0.2) is 4.79 Å². The lowest BCUT2D eigenvalue weighted by Gasteiger charge is -2.21. The highest BCUT2D eigenvalue weighted by Gasteiger charge is 2.25. The number of hydrogen-bond donors (Lipinski definition) is 1. The number of halogens is 4. The zero-order chi connectivity index (χ0) is 15.7. The second-order valence-electron chi connectivity index (χ2n) is 4.89. The van der Waals surface area contributed by atoms with E-state index in [0.29, 0.717) is 0 Å². The molecule has 1 aliphatic carbocycles. The molecular formula is C13H15BrCl3N3O. The van der Waals surface area contributed by atoms with E-state index in [9.17, 15) is 4.79 Å². The summed E-state index contributed by atoms with van der Waals surface area (Å²) in [5.74, 6) is 0. The number of rotatable bonds is 0. The van der Waals surface area contributed by atoms with Crippen LogP contribution in [0, 0.1) is 6.92 Å². The highest BCUT2D eigenvalue weighted by atomic mass is 79.9. The van der Waals surface area contributed by atoms with Gasteiger partial charge in [0.25, 0.3) is 5.56 Å². The highest BCUT2D eigenvalue weighted by Crippen LogP contribution is 2.39. The second-order valence-corrected chi connectivity index (χ2v) is 7.97. The predicted molar refractivity (Wildman–Crippen MR) is 92.0 cm³/mol. The molecule has 0 aromatic carbocycles. The Kier molecular flexibility index (Phi) is 5.63. The topological polar surface area (TPSA) is 50.7 Å². The van der Waals surface area contributed by atoms with Gasteiger partial charge in [-0.3, -0.25) is 9.48 Å². The fourth-order valence-corrected chi connectivity index (χ4v) is 3.61. The molecule has 3 rings (SSSR count). The first-order valence-corrected chi connectivity index (χ1v) is 8.70. The molecule has 1 aliphatic rings. The van der Waals surface area contributed by atoms with E-state index >= 15 is 0 Å². The van der Waals surface area contributed by atoms with Crippen LogP contribution in [-0.2, 0) is 13.5 Å². The number of aryl methyl sites for hydroxylation is 2. The summed E-state index contributed by atoms with van der Waals surface area (Å²) in [6.07, 6.45) is 3.02. The smallest absolute Gasteiger partial charge is 0.253 e. The van der Waals surface area contributed by atoms with Gasteiger partial charge in [-0.2, -0.15) is 5.10 Å². The van der Waals surface area contributed by atoms with Crippen LogP contribution in [0.2, 0.25) is 0 Å². The third kappa shape index (κ3) is 3.58. The lowest BCUT2D eigenvalue weighted by Crippen LogP contribution is -2.20. The average molecular weight is 416 g/mol. The van der Waals surface area contributed by atoms with Crippen LogP contribution in [0.4, 0.5) is 0 Å². The average Bonchev–Trinajstić information content (AvgIpc) is 2.65. The van der Waals surface area contributed by atoms with Crippen molar-refractivity contribution in [2.45, 2.75) is 35.3 Å². The Labute approximate surface area is 145 Å². The summed E-state index contributed by atoms with van der Waals surface area (Å²) in [5.41, 5.74) is 3.95. The molecule has 1 unspecified atom stereocenters. The molecule has 0 fully saturated rings. The Balaban J connectivity index is 0.000000361. The monoisotopic (exact) mass is 413 g/mol. The minimum atomic E-state index is -0.750. The van der Waals surface area contributed by atoms with Gasteiger partial charge in [-0.1, -0.05) is 50.7 Å². The summed E-state index contributed by atoms with van der Waals surface area (Å²) in [6.45, 7) is 2.00. The van der Waals surface area contributed by atoms with E-state index in [1.54, 1.807) is 4.68 Å². The van der Waals surface area contributed by atoms with E-state index in [-0.39, 0.29) is 10.4 Å². The quantitative estimate of drug-likeness (QED) is 0.651. The van der Waals surface area contributed by atoms with E-state index in [4.69, 9.17) is 34.8 Å². The minimum absolute atomic E-state index is 0.0413. The number of aromatic amines is 1. The summed E-state index contributed by atoms with van der Waals surface area (Å²) < 4.78 is 1.00. The number of nitrogens with one attached hydrogen (secondary N) is 1. The van der Waals surface area contributed by atoms with Crippen molar-refractivity contribution in [3.8, 4) is 0 Å². The zero-order valence-electron chi connectivity index (χ0n) is 11.6. The first-order chi connectivity index (χ1) is 9.82. The predicted octanol–water partition coefficient (Wildman–Crippen LogP) is 4.33. The zero-order valence-corrected chi connectivity index (χ0v) is 15.4. The van der Waals surface area contributed by atoms with E-state index in [1.165, 1.54) is 0 Å². The van der Waals surface area contributed by atoms with Crippen molar-refractivity contribution in [1.29, 1.82) is 0 Å². The SMILES string of the molecule is Cc1nn(C)c2[nH]c(=O)c3c(c12)C(Br)CCC3.ClC(Cl)Cl. The Morgan fingerprint density at radius 3 is 2.67 bits per heavy atom. The molecule has 1 atom stereocenters. The molecular weight excluding hydrogens is 400 g/mol. The maximum Gasteiger partial charge on any atom is 0.253 e. The lowest BCUT2D eigenvalue weighted by atomic mass is 9.90. The van der Waals surface area contributed by atoms with E-state index in [1.807, 2.05) is 14.0 Å². The fraction of sp³-hybridized carbons (Fsp3) is 0.538. The molecule has 0 spiro atoms. The van der Waals surface area contributed by atoms with Gasteiger partial charge in [0.15, 0.2) is 4.30 Å². The molecule has 4 nitrogen and oxygen atoms in total. The molecule has 8 heteroatoms. The molecule has 21 heavy (non-hydrogen) atoms. The molecule has 0 saturated carbocycles. The van der Waals surface area contributed by atoms with Crippen molar-refractivity contribution < 1.29 is 0 Å². The summed E-state index contributed by atoms with van der Waals surface area (Å²) in [4.78, 5) is 15.3. The summed E-state index contributed by atoms with van der Waals surface area (Å²) in [6, 6.07) is 0. The number of nitrogens with zero attached hydrogens (tertiary/aromatic N) is 2. The van der Waals surface area contributed by atoms with Crippen molar-refractivity contribution in [1.82, 2.24) is 14.8 Å². The molecule has 0 aliphatic heterocycles. The number of H-pyrrole nitrogens is 1. The Hall–Kier alpha value is -0.230. The molecule has 2 aromatic heterocycles. The first-order valence-electron chi connectivity index (χ1n) is 6.47. The molecule has 0 bridgehead atoms. The lowest BCUT2D eigenvalue weighted by molar-refractivity contribution is 0.677. The van der Waals surface area contributed by atoms with Crippen LogP contribution in [0.25, 0.3) is 11.0 Å². The number of hydrogen-bond acceptors (Lipinski definition) is 2. The second kappa shape index (κ2) is 6.90. The molecule has 116 valence electrons. The molecule has 2 heterocycles. The Morgan fingerprint density at radius 2 is 2.05 bits per heavy atom. The highest BCUT2D eigenvalue weighted by molar-refractivity contribution is 9.09.